The number of carbonyl (C=O) groups is 2. The van der Waals surface area contributed by atoms with E-state index in [4.69, 9.17) is 4.74 Å². The van der Waals surface area contributed by atoms with Gasteiger partial charge in [-0.05, 0) is 77.8 Å². The lowest BCUT2D eigenvalue weighted by molar-refractivity contribution is -0.132. The molecule has 3 aromatic carbocycles. The molecule has 5 nitrogen and oxygen atoms in total. The summed E-state index contributed by atoms with van der Waals surface area (Å²) in [6, 6.07) is 18.5. The zero-order valence-electron chi connectivity index (χ0n) is 22.7. The predicted octanol–water partition coefficient (Wildman–Crippen LogP) is 6.80. The number of anilines is 1. The van der Waals surface area contributed by atoms with Crippen LogP contribution >= 0.6 is 0 Å². The molecule has 0 aromatic heterocycles. The number of hydrogen-bond donors (Lipinski definition) is 1. The number of carbonyl (C=O) groups excluding carboxylic acids is 2. The molecule has 0 saturated carbocycles. The van der Waals surface area contributed by atoms with Crippen LogP contribution in [0.25, 0.3) is 5.76 Å². The largest absolute Gasteiger partial charge is 0.507 e. The Morgan fingerprint density at radius 3 is 2.11 bits per heavy atom. The zero-order valence-corrected chi connectivity index (χ0v) is 22.7. The fourth-order valence-electron chi connectivity index (χ4n) is 4.88. The third-order valence-electron chi connectivity index (χ3n) is 7.16. The molecular weight excluding hydrogens is 462 g/mol. The van der Waals surface area contributed by atoms with Gasteiger partial charge >= 0.3 is 0 Å². The molecule has 1 saturated heterocycles. The average molecular weight is 498 g/mol. The summed E-state index contributed by atoms with van der Waals surface area (Å²) in [4.78, 5) is 28.5. The Balaban J connectivity index is 1.93. The quantitative estimate of drug-likeness (QED) is 0.239. The molecule has 1 fully saturated rings. The van der Waals surface area contributed by atoms with Gasteiger partial charge < -0.3 is 9.84 Å². The number of nitrogens with zero attached hydrogens (tertiary/aromatic N) is 1. The van der Waals surface area contributed by atoms with Gasteiger partial charge in [-0.2, -0.15) is 0 Å². The predicted molar refractivity (Wildman–Crippen MR) is 148 cm³/mol. The van der Waals surface area contributed by atoms with Crippen LogP contribution < -0.4 is 9.64 Å². The Kier molecular flexibility index (Phi) is 7.00. The Hall–Kier alpha value is -3.86. The first-order valence-electron chi connectivity index (χ1n) is 12.6. The summed E-state index contributed by atoms with van der Waals surface area (Å²) >= 11 is 0. The van der Waals surface area contributed by atoms with Crippen molar-refractivity contribution in [2.45, 2.75) is 59.4 Å². The lowest BCUT2D eigenvalue weighted by Gasteiger charge is -2.27. The molecule has 1 heterocycles. The molecule has 37 heavy (non-hydrogen) atoms. The number of aryl methyl sites for hydroxylation is 3. The number of ketones is 1. The second kappa shape index (κ2) is 9.89. The Morgan fingerprint density at radius 2 is 1.57 bits per heavy atom. The topological polar surface area (TPSA) is 66.8 Å². The lowest BCUT2D eigenvalue weighted by atomic mass is 9.87. The number of rotatable bonds is 5. The fraction of sp³-hybridized carbons (Fsp3) is 0.312. The Labute approximate surface area is 219 Å². The highest BCUT2D eigenvalue weighted by molar-refractivity contribution is 6.51. The van der Waals surface area contributed by atoms with E-state index in [0.29, 0.717) is 17.0 Å². The van der Waals surface area contributed by atoms with E-state index in [1.165, 1.54) is 4.90 Å². The van der Waals surface area contributed by atoms with Crippen molar-refractivity contribution in [2.24, 2.45) is 0 Å². The zero-order chi connectivity index (χ0) is 27.1. The van der Waals surface area contributed by atoms with Crippen LogP contribution in [0.3, 0.4) is 0 Å². The van der Waals surface area contributed by atoms with Gasteiger partial charge in [-0.1, -0.05) is 64.1 Å². The number of aliphatic hydroxyl groups is 1. The average Bonchev–Trinajstić information content (AvgIpc) is 3.14. The van der Waals surface area contributed by atoms with Crippen molar-refractivity contribution in [2.75, 3.05) is 12.0 Å². The summed E-state index contributed by atoms with van der Waals surface area (Å²) in [7, 11) is 1.59. The molecule has 5 heteroatoms. The van der Waals surface area contributed by atoms with E-state index in [1.807, 2.05) is 68.4 Å². The van der Waals surface area contributed by atoms with E-state index in [2.05, 4.69) is 27.7 Å². The number of amides is 1. The van der Waals surface area contributed by atoms with Crippen molar-refractivity contribution in [1.82, 2.24) is 0 Å². The molecule has 0 aliphatic carbocycles. The van der Waals surface area contributed by atoms with Crippen LogP contribution in [0.4, 0.5) is 5.69 Å². The van der Waals surface area contributed by atoms with E-state index < -0.39 is 17.7 Å². The van der Waals surface area contributed by atoms with Gasteiger partial charge in [0.1, 0.15) is 11.5 Å². The second-order valence-electron chi connectivity index (χ2n) is 10.7. The van der Waals surface area contributed by atoms with Crippen LogP contribution in [0.2, 0.25) is 0 Å². The monoisotopic (exact) mass is 497 g/mol. The number of benzene rings is 3. The first kappa shape index (κ1) is 26.2. The fourth-order valence-corrected chi connectivity index (χ4v) is 4.88. The maximum absolute atomic E-state index is 13.5. The van der Waals surface area contributed by atoms with Crippen LogP contribution in [0, 0.1) is 13.8 Å². The minimum absolute atomic E-state index is 0.0498. The van der Waals surface area contributed by atoms with Crippen molar-refractivity contribution >= 4 is 23.1 Å². The minimum Gasteiger partial charge on any atom is -0.507 e. The molecule has 1 amide bonds. The SMILES string of the molecule is CCc1ccc(C2/C(=C(\O)c3cc(C)c(OC)cc3C)C(=O)C(=O)N2c2ccc(C(C)(C)C)cc2)cc1. The number of ether oxygens (including phenoxy) is 1. The number of methoxy groups -OCH3 is 1. The van der Waals surface area contributed by atoms with Crippen molar-refractivity contribution in [3.63, 3.8) is 0 Å². The normalized spacial score (nSPS) is 17.4. The Morgan fingerprint density at radius 1 is 0.946 bits per heavy atom. The van der Waals surface area contributed by atoms with Crippen LogP contribution in [0.1, 0.15) is 67.1 Å². The van der Waals surface area contributed by atoms with E-state index in [9.17, 15) is 14.7 Å². The maximum Gasteiger partial charge on any atom is 0.300 e. The summed E-state index contributed by atoms with van der Waals surface area (Å²) < 4.78 is 5.42. The van der Waals surface area contributed by atoms with Crippen molar-refractivity contribution in [1.29, 1.82) is 0 Å². The number of Topliss-reactive ketones (excluding diaryl/α,β-unsaturated/α-hetero) is 1. The van der Waals surface area contributed by atoms with Crippen LogP contribution in [0.15, 0.2) is 66.2 Å². The number of hydrogen-bond acceptors (Lipinski definition) is 4. The molecule has 0 bridgehead atoms. The molecule has 1 aliphatic heterocycles. The molecule has 1 aliphatic rings. The van der Waals surface area contributed by atoms with E-state index in [0.717, 1.165) is 34.2 Å². The lowest BCUT2D eigenvalue weighted by Crippen LogP contribution is -2.29. The maximum atomic E-state index is 13.5. The minimum atomic E-state index is -0.756. The van der Waals surface area contributed by atoms with Gasteiger partial charge in [0.25, 0.3) is 11.7 Å². The van der Waals surface area contributed by atoms with Gasteiger partial charge in [0, 0.05) is 11.3 Å². The highest BCUT2D eigenvalue weighted by atomic mass is 16.5. The van der Waals surface area contributed by atoms with Crippen LogP contribution in [-0.4, -0.2) is 23.9 Å². The molecule has 1 atom stereocenters. The Bertz CT molecular complexity index is 1380. The molecule has 1 unspecified atom stereocenters. The van der Waals surface area contributed by atoms with Crippen molar-refractivity contribution in [3.8, 4) is 5.75 Å². The van der Waals surface area contributed by atoms with Crippen molar-refractivity contribution < 1.29 is 19.4 Å². The molecular formula is C32H35NO4. The molecule has 0 spiro atoms. The summed E-state index contributed by atoms with van der Waals surface area (Å²) in [6.07, 6.45) is 0.874. The highest BCUT2D eigenvalue weighted by Gasteiger charge is 2.47. The van der Waals surface area contributed by atoms with Gasteiger partial charge in [-0.25, -0.2) is 0 Å². The molecule has 0 radical (unpaired) electrons. The number of aliphatic hydroxyl groups excluding tert-OH is 1. The van der Waals surface area contributed by atoms with Crippen LogP contribution in [0.5, 0.6) is 5.75 Å². The second-order valence-corrected chi connectivity index (χ2v) is 10.7. The van der Waals surface area contributed by atoms with E-state index in [1.54, 1.807) is 13.2 Å². The summed E-state index contributed by atoms with van der Waals surface area (Å²) in [6.45, 7) is 12.2. The molecule has 1 N–H and O–H groups in total. The first-order chi connectivity index (χ1) is 17.5. The standard InChI is InChI=1S/C32H35NO4/c1-8-21-9-11-22(12-10-21)28-27(29(34)25-17-20(3)26(37-7)18-19(25)2)30(35)31(36)33(28)24-15-13-23(14-16-24)32(4,5)6/h9-18,28,34H,8H2,1-7H3/b29-27+. The third kappa shape index (κ3) is 4.78. The van der Waals surface area contributed by atoms with Gasteiger partial charge in [-0.3, -0.25) is 14.5 Å². The first-order valence-corrected chi connectivity index (χ1v) is 12.6. The van der Waals surface area contributed by atoms with Gasteiger partial charge in [0.2, 0.25) is 0 Å². The molecule has 3 aromatic rings. The van der Waals surface area contributed by atoms with Gasteiger partial charge in [0.15, 0.2) is 0 Å². The van der Waals surface area contributed by atoms with E-state index >= 15 is 0 Å². The summed E-state index contributed by atoms with van der Waals surface area (Å²) in [5.74, 6) is -0.840. The summed E-state index contributed by atoms with van der Waals surface area (Å²) in [5, 5.41) is 11.6. The van der Waals surface area contributed by atoms with Crippen LogP contribution in [-0.2, 0) is 21.4 Å². The van der Waals surface area contributed by atoms with E-state index in [-0.39, 0.29) is 16.7 Å². The van der Waals surface area contributed by atoms with Crippen molar-refractivity contribution in [3.05, 3.63) is 99.6 Å². The molecule has 192 valence electrons. The molecule has 4 rings (SSSR count). The van der Waals surface area contributed by atoms with Gasteiger partial charge in [0.05, 0.1) is 18.7 Å². The highest BCUT2D eigenvalue weighted by Crippen LogP contribution is 2.43. The smallest absolute Gasteiger partial charge is 0.300 e. The third-order valence-corrected chi connectivity index (χ3v) is 7.16. The van der Waals surface area contributed by atoms with Gasteiger partial charge in [-0.15, -0.1) is 0 Å². The summed E-state index contributed by atoms with van der Waals surface area (Å²) in [5.41, 5.74) is 5.77.